The van der Waals surface area contributed by atoms with E-state index >= 15 is 0 Å². The first-order chi connectivity index (χ1) is 17.3. The van der Waals surface area contributed by atoms with Gasteiger partial charge >= 0.3 is 0 Å². The summed E-state index contributed by atoms with van der Waals surface area (Å²) in [6, 6.07) is 4.28. The van der Waals surface area contributed by atoms with Crippen molar-refractivity contribution in [2.45, 2.75) is 57.7 Å². The molecule has 3 rings (SSSR count). The summed E-state index contributed by atoms with van der Waals surface area (Å²) < 4.78 is 0. The van der Waals surface area contributed by atoms with Crippen LogP contribution in [-0.4, -0.2) is 78.2 Å². The van der Waals surface area contributed by atoms with Crippen LogP contribution < -0.4 is 16.0 Å². The Morgan fingerprint density at radius 2 is 2.03 bits per heavy atom. The molecule has 0 spiro atoms. The fraction of sp³-hybridized carbons (Fsp3) is 0.556. The summed E-state index contributed by atoms with van der Waals surface area (Å²) in [6.45, 7) is 8.25. The van der Waals surface area contributed by atoms with Crippen LogP contribution in [0.3, 0.4) is 0 Å². The minimum atomic E-state index is -0.947. The highest BCUT2D eigenvalue weighted by Crippen LogP contribution is 2.32. The van der Waals surface area contributed by atoms with Crippen molar-refractivity contribution in [3.8, 4) is 0 Å². The lowest BCUT2D eigenvalue weighted by Gasteiger charge is -2.31. The van der Waals surface area contributed by atoms with Crippen molar-refractivity contribution in [2.75, 3.05) is 31.6 Å². The van der Waals surface area contributed by atoms with Gasteiger partial charge in [0.25, 0.3) is 5.91 Å². The Morgan fingerprint density at radius 1 is 1.25 bits per heavy atom. The van der Waals surface area contributed by atoms with Crippen LogP contribution in [0.5, 0.6) is 0 Å². The SMILES string of the molecule is C=CCNC(=O)C(=O)[C@@H](CSCC)NC(=O)[C@@H]1CCCN1C(=O)[C@@H](NC)C1Cc2cccc(C)c2C1. The van der Waals surface area contributed by atoms with Gasteiger partial charge in [-0.2, -0.15) is 11.8 Å². The van der Waals surface area contributed by atoms with Crippen LogP contribution in [0.4, 0.5) is 0 Å². The zero-order chi connectivity index (χ0) is 26.2. The van der Waals surface area contributed by atoms with Crippen LogP contribution in [-0.2, 0) is 32.0 Å². The molecule has 1 heterocycles. The Bertz CT molecular complexity index is 998. The number of Topliss-reactive ketones (excluding diaryl/α,β-unsaturated/α-hetero) is 1. The third kappa shape index (κ3) is 6.37. The summed E-state index contributed by atoms with van der Waals surface area (Å²) in [7, 11) is 1.79. The standard InChI is InChI=1S/C27H38N4O4S/c1-5-12-29-26(34)24(32)21(16-36-6-2)30-25(33)22-11-8-13-31(22)27(35)23(28-4)19-14-18-10-7-9-17(3)20(18)15-19/h5,7,9-10,19,21-23,28H,1,6,8,11-16H2,2-4H3,(H,29,34)(H,30,33)/t19?,21-,22+,23+/m1/s1. The Kier molecular flexibility index (Phi) is 10.1. The van der Waals surface area contributed by atoms with E-state index in [1.165, 1.54) is 34.5 Å². The predicted octanol–water partition coefficient (Wildman–Crippen LogP) is 1.40. The van der Waals surface area contributed by atoms with Gasteiger partial charge in [0.05, 0.1) is 6.04 Å². The third-order valence-corrected chi connectivity index (χ3v) is 8.07. The fourth-order valence-electron chi connectivity index (χ4n) is 5.24. The van der Waals surface area contributed by atoms with E-state index in [9.17, 15) is 19.2 Å². The van der Waals surface area contributed by atoms with Crippen molar-refractivity contribution < 1.29 is 19.2 Å². The molecular weight excluding hydrogens is 476 g/mol. The van der Waals surface area contributed by atoms with Gasteiger partial charge in [0.1, 0.15) is 12.1 Å². The maximum absolute atomic E-state index is 13.7. The molecule has 36 heavy (non-hydrogen) atoms. The maximum atomic E-state index is 13.7. The summed E-state index contributed by atoms with van der Waals surface area (Å²) >= 11 is 1.47. The number of aryl methyl sites for hydroxylation is 1. The van der Waals surface area contributed by atoms with Crippen LogP contribution in [0.1, 0.15) is 36.5 Å². The highest BCUT2D eigenvalue weighted by molar-refractivity contribution is 7.99. The molecule has 9 heteroatoms. The first-order valence-corrected chi connectivity index (χ1v) is 13.8. The minimum Gasteiger partial charge on any atom is -0.346 e. The quantitative estimate of drug-likeness (QED) is 0.288. The molecule has 196 valence electrons. The average molecular weight is 515 g/mol. The first kappa shape index (κ1) is 27.9. The van der Waals surface area contributed by atoms with E-state index in [1.807, 2.05) is 6.92 Å². The van der Waals surface area contributed by atoms with Crippen molar-refractivity contribution in [1.29, 1.82) is 0 Å². The van der Waals surface area contributed by atoms with Crippen molar-refractivity contribution in [2.24, 2.45) is 5.92 Å². The van der Waals surface area contributed by atoms with Crippen LogP contribution in [0.2, 0.25) is 0 Å². The number of likely N-dealkylation sites (N-methyl/N-ethyl adjacent to an activating group) is 1. The lowest BCUT2D eigenvalue weighted by atomic mass is 9.94. The summed E-state index contributed by atoms with van der Waals surface area (Å²) in [5.74, 6) is -0.742. The largest absolute Gasteiger partial charge is 0.346 e. The van der Waals surface area contributed by atoms with Gasteiger partial charge in [-0.3, -0.25) is 19.2 Å². The van der Waals surface area contributed by atoms with Gasteiger partial charge in [0.2, 0.25) is 17.6 Å². The molecule has 1 aromatic rings. The lowest BCUT2D eigenvalue weighted by molar-refractivity contribution is -0.143. The highest BCUT2D eigenvalue weighted by Gasteiger charge is 2.41. The van der Waals surface area contributed by atoms with Crippen LogP contribution in [0, 0.1) is 12.8 Å². The monoisotopic (exact) mass is 514 g/mol. The first-order valence-electron chi connectivity index (χ1n) is 12.7. The van der Waals surface area contributed by atoms with Crippen molar-refractivity contribution in [3.05, 3.63) is 47.5 Å². The number of hydrogen-bond acceptors (Lipinski definition) is 6. The number of ketones is 1. The van der Waals surface area contributed by atoms with E-state index in [2.05, 4.69) is 47.7 Å². The second kappa shape index (κ2) is 13.1. The normalized spacial score (nSPS) is 20.4. The zero-order valence-electron chi connectivity index (χ0n) is 21.5. The number of benzene rings is 1. The summed E-state index contributed by atoms with van der Waals surface area (Å²) in [5, 5.41) is 8.47. The maximum Gasteiger partial charge on any atom is 0.289 e. The topological polar surface area (TPSA) is 108 Å². The average Bonchev–Trinajstić information content (AvgIpc) is 3.53. The molecule has 3 amide bonds. The van der Waals surface area contributed by atoms with Gasteiger partial charge in [-0.1, -0.05) is 31.2 Å². The van der Waals surface area contributed by atoms with Gasteiger partial charge < -0.3 is 20.9 Å². The molecule has 0 aromatic heterocycles. The molecule has 0 saturated carbocycles. The zero-order valence-corrected chi connectivity index (χ0v) is 22.3. The van der Waals surface area contributed by atoms with Crippen LogP contribution in [0.15, 0.2) is 30.9 Å². The van der Waals surface area contributed by atoms with Crippen molar-refractivity contribution in [1.82, 2.24) is 20.9 Å². The smallest absolute Gasteiger partial charge is 0.289 e. The molecule has 1 unspecified atom stereocenters. The fourth-order valence-corrected chi connectivity index (χ4v) is 5.94. The molecular formula is C27H38N4O4S. The Morgan fingerprint density at radius 3 is 2.69 bits per heavy atom. The summed E-state index contributed by atoms with van der Waals surface area (Å²) in [5.41, 5.74) is 3.84. The molecule has 1 fully saturated rings. The Labute approximate surface area is 218 Å². The number of nitrogens with one attached hydrogen (secondary N) is 3. The van der Waals surface area contributed by atoms with E-state index in [-0.39, 0.29) is 24.3 Å². The number of carbonyl (C=O) groups is 4. The molecule has 1 aliphatic carbocycles. The Balaban J connectivity index is 1.69. The van der Waals surface area contributed by atoms with Gasteiger partial charge in [0.15, 0.2) is 0 Å². The van der Waals surface area contributed by atoms with E-state index in [0.29, 0.717) is 25.1 Å². The van der Waals surface area contributed by atoms with Gasteiger partial charge in [-0.15, -0.1) is 6.58 Å². The second-order valence-electron chi connectivity index (χ2n) is 9.42. The number of hydrogen-bond donors (Lipinski definition) is 3. The predicted molar refractivity (Wildman–Crippen MR) is 143 cm³/mol. The van der Waals surface area contributed by atoms with E-state index < -0.39 is 29.8 Å². The minimum absolute atomic E-state index is 0.0832. The van der Waals surface area contributed by atoms with Gasteiger partial charge in [-0.05, 0) is 68.0 Å². The third-order valence-electron chi connectivity index (χ3n) is 7.10. The van der Waals surface area contributed by atoms with Gasteiger partial charge in [-0.25, -0.2) is 0 Å². The lowest BCUT2D eigenvalue weighted by Crippen LogP contribution is -2.57. The van der Waals surface area contributed by atoms with Crippen LogP contribution >= 0.6 is 11.8 Å². The molecule has 1 saturated heterocycles. The molecule has 0 bridgehead atoms. The summed E-state index contributed by atoms with van der Waals surface area (Å²) in [4.78, 5) is 53.6. The van der Waals surface area contributed by atoms with Crippen molar-refractivity contribution >= 4 is 35.3 Å². The number of fused-ring (bicyclic) bond motifs is 1. The number of rotatable bonds is 12. The molecule has 8 nitrogen and oxygen atoms in total. The number of thioether (sulfide) groups is 1. The number of carbonyl (C=O) groups excluding carboxylic acids is 4. The molecule has 1 aromatic carbocycles. The van der Waals surface area contributed by atoms with E-state index in [1.54, 1.807) is 11.9 Å². The van der Waals surface area contributed by atoms with E-state index in [4.69, 9.17) is 0 Å². The number of likely N-dealkylation sites (tertiary alicyclic amines) is 1. The molecule has 1 aliphatic heterocycles. The Hall–Kier alpha value is -2.65. The number of nitrogens with zero attached hydrogens (tertiary/aromatic N) is 1. The van der Waals surface area contributed by atoms with Crippen LogP contribution in [0.25, 0.3) is 0 Å². The molecule has 0 radical (unpaired) electrons. The second-order valence-corrected chi connectivity index (χ2v) is 10.7. The van der Waals surface area contributed by atoms with Crippen molar-refractivity contribution in [3.63, 3.8) is 0 Å². The summed E-state index contributed by atoms with van der Waals surface area (Å²) in [6.07, 6.45) is 4.39. The molecule has 3 N–H and O–H groups in total. The molecule has 2 aliphatic rings. The highest BCUT2D eigenvalue weighted by atomic mass is 32.2. The molecule has 4 atom stereocenters. The number of amides is 3. The van der Waals surface area contributed by atoms with E-state index in [0.717, 1.165) is 18.6 Å². The van der Waals surface area contributed by atoms with Gasteiger partial charge in [0, 0.05) is 18.8 Å².